The predicted molar refractivity (Wildman–Crippen MR) is 83.6 cm³/mol. The summed E-state index contributed by atoms with van der Waals surface area (Å²) in [5, 5.41) is 3.75. The number of rotatable bonds is 10. The molecule has 1 atom stereocenters. The third-order valence-electron chi connectivity index (χ3n) is 4.32. The first-order valence-corrected chi connectivity index (χ1v) is 8.28. The monoisotopic (exact) mass is 269 g/mol. The fraction of sp³-hybridized carbons (Fsp3) is 1.00. The quantitative estimate of drug-likeness (QED) is 0.629. The van der Waals surface area contributed by atoms with Crippen molar-refractivity contribution in [2.45, 2.75) is 91.2 Å². The largest absolute Gasteiger partial charge is 0.376 e. The fourth-order valence-electron chi connectivity index (χ4n) is 2.55. The molecule has 0 aromatic carbocycles. The molecule has 0 amide bonds. The molecule has 1 fully saturated rings. The Bertz CT molecular complexity index is 242. The molecule has 0 aromatic heterocycles. The first-order valence-electron chi connectivity index (χ1n) is 8.28. The molecule has 1 rings (SSSR count). The van der Waals surface area contributed by atoms with Crippen molar-refractivity contribution in [3.63, 3.8) is 0 Å². The van der Waals surface area contributed by atoms with Crippen molar-refractivity contribution in [2.24, 2.45) is 5.41 Å². The molecular formula is C17H35NO. The molecule has 0 aliphatic heterocycles. The van der Waals surface area contributed by atoms with Crippen LogP contribution in [0.3, 0.4) is 0 Å². The second-order valence-electron chi connectivity index (χ2n) is 7.32. The van der Waals surface area contributed by atoms with Gasteiger partial charge >= 0.3 is 0 Å². The summed E-state index contributed by atoms with van der Waals surface area (Å²) < 4.78 is 5.96. The maximum atomic E-state index is 5.96. The molecule has 0 saturated heterocycles. The van der Waals surface area contributed by atoms with E-state index in [0.717, 1.165) is 12.6 Å². The predicted octanol–water partition coefficient (Wildman–Crippen LogP) is 4.53. The highest BCUT2D eigenvalue weighted by Gasteiger charge is 2.31. The molecule has 1 aliphatic rings. The lowest BCUT2D eigenvalue weighted by Gasteiger charge is -2.34. The number of hydrogen-bond donors (Lipinski definition) is 1. The number of unbranched alkanes of at least 4 members (excludes halogenated alkanes) is 1. The third-order valence-corrected chi connectivity index (χ3v) is 4.32. The van der Waals surface area contributed by atoms with E-state index in [1.54, 1.807) is 0 Å². The van der Waals surface area contributed by atoms with Crippen molar-refractivity contribution in [1.29, 1.82) is 0 Å². The fourth-order valence-corrected chi connectivity index (χ4v) is 2.55. The maximum absolute atomic E-state index is 5.96. The van der Waals surface area contributed by atoms with Gasteiger partial charge in [0.2, 0.25) is 0 Å². The van der Waals surface area contributed by atoms with Crippen LogP contribution < -0.4 is 5.32 Å². The van der Waals surface area contributed by atoms with Crippen LogP contribution in [-0.2, 0) is 4.74 Å². The SMILES string of the molecule is CCCCC(CC)(CCOC(C)(C)C)CNC1CC1. The van der Waals surface area contributed by atoms with Gasteiger partial charge in [-0.2, -0.15) is 0 Å². The molecule has 1 N–H and O–H groups in total. The lowest BCUT2D eigenvalue weighted by atomic mass is 9.77. The molecule has 0 radical (unpaired) electrons. The van der Waals surface area contributed by atoms with Crippen LogP contribution in [0, 0.1) is 5.41 Å². The molecule has 1 unspecified atom stereocenters. The van der Waals surface area contributed by atoms with Crippen molar-refractivity contribution >= 4 is 0 Å². The second kappa shape index (κ2) is 7.64. The van der Waals surface area contributed by atoms with Crippen LogP contribution in [0.15, 0.2) is 0 Å². The third kappa shape index (κ3) is 7.31. The Morgan fingerprint density at radius 2 is 1.79 bits per heavy atom. The summed E-state index contributed by atoms with van der Waals surface area (Å²) in [6.07, 6.45) is 9.20. The van der Waals surface area contributed by atoms with Crippen LogP contribution in [-0.4, -0.2) is 24.8 Å². The number of hydrogen-bond acceptors (Lipinski definition) is 2. The molecule has 19 heavy (non-hydrogen) atoms. The van der Waals surface area contributed by atoms with Crippen LogP contribution in [0.25, 0.3) is 0 Å². The van der Waals surface area contributed by atoms with Crippen LogP contribution in [0.2, 0.25) is 0 Å². The molecule has 2 nitrogen and oxygen atoms in total. The first kappa shape index (κ1) is 17.0. The highest BCUT2D eigenvalue weighted by molar-refractivity contribution is 4.87. The zero-order chi connectivity index (χ0) is 14.4. The van der Waals surface area contributed by atoms with Crippen LogP contribution in [0.4, 0.5) is 0 Å². The Kier molecular flexibility index (Phi) is 6.82. The summed E-state index contributed by atoms with van der Waals surface area (Å²) in [7, 11) is 0. The summed E-state index contributed by atoms with van der Waals surface area (Å²) in [6, 6.07) is 0.816. The lowest BCUT2D eigenvalue weighted by Crippen LogP contribution is -2.37. The van der Waals surface area contributed by atoms with E-state index in [2.05, 4.69) is 39.9 Å². The Morgan fingerprint density at radius 1 is 1.11 bits per heavy atom. The van der Waals surface area contributed by atoms with Crippen LogP contribution >= 0.6 is 0 Å². The number of ether oxygens (including phenoxy) is 1. The molecule has 0 bridgehead atoms. The topological polar surface area (TPSA) is 21.3 Å². The molecule has 0 heterocycles. The van der Waals surface area contributed by atoms with E-state index in [0.29, 0.717) is 5.41 Å². The van der Waals surface area contributed by atoms with Crippen molar-refractivity contribution < 1.29 is 4.74 Å². The minimum absolute atomic E-state index is 0.00579. The summed E-state index contributed by atoms with van der Waals surface area (Å²) in [5.74, 6) is 0. The van der Waals surface area contributed by atoms with Gasteiger partial charge in [-0.1, -0.05) is 26.7 Å². The average Bonchev–Trinajstić information content (AvgIpc) is 3.15. The highest BCUT2D eigenvalue weighted by Crippen LogP contribution is 2.34. The highest BCUT2D eigenvalue weighted by atomic mass is 16.5. The minimum atomic E-state index is -0.00579. The van der Waals surface area contributed by atoms with Gasteiger partial charge in [0.1, 0.15) is 0 Å². The van der Waals surface area contributed by atoms with Gasteiger partial charge in [0.25, 0.3) is 0 Å². The van der Waals surface area contributed by atoms with Gasteiger partial charge in [-0.25, -0.2) is 0 Å². The van der Waals surface area contributed by atoms with E-state index in [4.69, 9.17) is 4.74 Å². The summed E-state index contributed by atoms with van der Waals surface area (Å²) in [6.45, 7) is 13.2. The van der Waals surface area contributed by atoms with E-state index in [-0.39, 0.29) is 5.60 Å². The van der Waals surface area contributed by atoms with Crippen LogP contribution in [0.1, 0.15) is 79.6 Å². The standard InChI is InChI=1S/C17H35NO/c1-6-8-11-17(7-2,14-18-15-9-10-15)12-13-19-16(3,4)5/h15,18H,6-14H2,1-5H3. The molecule has 0 spiro atoms. The Morgan fingerprint density at radius 3 is 2.26 bits per heavy atom. The van der Waals surface area contributed by atoms with Gasteiger partial charge in [0, 0.05) is 19.2 Å². The van der Waals surface area contributed by atoms with Gasteiger partial charge in [-0.05, 0) is 58.3 Å². The van der Waals surface area contributed by atoms with E-state index in [9.17, 15) is 0 Å². The molecule has 1 aliphatic carbocycles. The zero-order valence-corrected chi connectivity index (χ0v) is 13.8. The van der Waals surface area contributed by atoms with Gasteiger partial charge < -0.3 is 10.1 Å². The molecule has 1 saturated carbocycles. The number of nitrogens with one attached hydrogen (secondary N) is 1. The normalized spacial score (nSPS) is 19.4. The van der Waals surface area contributed by atoms with E-state index < -0.39 is 0 Å². The second-order valence-corrected chi connectivity index (χ2v) is 7.32. The average molecular weight is 269 g/mol. The smallest absolute Gasteiger partial charge is 0.0598 e. The lowest BCUT2D eigenvalue weighted by molar-refractivity contribution is -0.0208. The first-order chi connectivity index (χ1) is 8.91. The van der Waals surface area contributed by atoms with E-state index >= 15 is 0 Å². The van der Waals surface area contributed by atoms with Gasteiger partial charge in [-0.15, -0.1) is 0 Å². The Balaban J connectivity index is 2.44. The van der Waals surface area contributed by atoms with Crippen molar-refractivity contribution in [2.75, 3.05) is 13.2 Å². The summed E-state index contributed by atoms with van der Waals surface area (Å²) >= 11 is 0. The molecule has 0 aromatic rings. The minimum Gasteiger partial charge on any atom is -0.376 e. The summed E-state index contributed by atoms with van der Waals surface area (Å²) in [5.41, 5.74) is 0.442. The molecular weight excluding hydrogens is 234 g/mol. The van der Waals surface area contributed by atoms with Crippen LogP contribution in [0.5, 0.6) is 0 Å². The zero-order valence-electron chi connectivity index (χ0n) is 13.8. The van der Waals surface area contributed by atoms with Crippen molar-refractivity contribution in [3.8, 4) is 0 Å². The van der Waals surface area contributed by atoms with E-state index in [1.165, 1.54) is 51.5 Å². The van der Waals surface area contributed by atoms with Gasteiger partial charge in [0.15, 0.2) is 0 Å². The molecule has 2 heteroatoms. The Labute approximate surface area is 120 Å². The summed E-state index contributed by atoms with van der Waals surface area (Å²) in [4.78, 5) is 0. The molecule has 114 valence electrons. The maximum Gasteiger partial charge on any atom is 0.0598 e. The van der Waals surface area contributed by atoms with Gasteiger partial charge in [-0.3, -0.25) is 0 Å². The van der Waals surface area contributed by atoms with Crippen molar-refractivity contribution in [3.05, 3.63) is 0 Å². The van der Waals surface area contributed by atoms with Gasteiger partial charge in [0.05, 0.1) is 5.60 Å². The Hall–Kier alpha value is -0.0800. The van der Waals surface area contributed by atoms with E-state index in [1.807, 2.05) is 0 Å². The van der Waals surface area contributed by atoms with Crippen molar-refractivity contribution in [1.82, 2.24) is 5.32 Å².